The first-order valence-corrected chi connectivity index (χ1v) is 10.7. The molecule has 0 radical (unpaired) electrons. The van der Waals surface area contributed by atoms with Gasteiger partial charge in [-0.3, -0.25) is 0 Å². The Kier molecular flexibility index (Phi) is 5.70. The highest BCUT2D eigenvalue weighted by molar-refractivity contribution is 5.85. The summed E-state index contributed by atoms with van der Waals surface area (Å²) in [6.45, 7) is 4.39. The second kappa shape index (κ2) is 8.23. The van der Waals surface area contributed by atoms with Crippen LogP contribution in [0.5, 0.6) is 5.75 Å². The predicted molar refractivity (Wildman–Crippen MR) is 111 cm³/mol. The van der Waals surface area contributed by atoms with E-state index >= 15 is 0 Å². The molecule has 150 valence electrons. The average molecular weight is 385 g/mol. The van der Waals surface area contributed by atoms with Crippen molar-refractivity contribution in [3.63, 3.8) is 0 Å². The second-order valence-electron chi connectivity index (χ2n) is 8.81. The number of hydrogen-bond donors (Lipinski definition) is 0. The van der Waals surface area contributed by atoms with Gasteiger partial charge in [0.05, 0.1) is 0 Å². The van der Waals surface area contributed by atoms with E-state index in [1.807, 2.05) is 19.1 Å². The van der Waals surface area contributed by atoms with E-state index < -0.39 is 11.6 Å². The highest BCUT2D eigenvalue weighted by Gasteiger charge is 2.34. The van der Waals surface area contributed by atoms with Crippen molar-refractivity contribution in [2.75, 3.05) is 6.61 Å². The van der Waals surface area contributed by atoms with E-state index in [4.69, 9.17) is 4.74 Å². The third-order valence-corrected chi connectivity index (χ3v) is 6.92. The summed E-state index contributed by atoms with van der Waals surface area (Å²) < 4.78 is 34.5. The Morgan fingerprint density at radius 2 is 1.82 bits per heavy atom. The molecule has 2 saturated carbocycles. The van der Waals surface area contributed by atoms with E-state index in [1.54, 1.807) is 18.2 Å². The molecule has 4 unspecified atom stereocenters. The van der Waals surface area contributed by atoms with E-state index in [0.717, 1.165) is 17.8 Å². The van der Waals surface area contributed by atoms with Crippen LogP contribution in [-0.2, 0) is 0 Å². The number of rotatable bonds is 4. The third-order valence-electron chi connectivity index (χ3n) is 6.92. The highest BCUT2D eigenvalue weighted by Crippen LogP contribution is 2.47. The Hall–Kier alpha value is -1.90. The SMILES string of the molecule is CC=CCOc1c(F)cc2cc(C3CCC4CC(C)CCC4C3)ccc2c1F. The van der Waals surface area contributed by atoms with E-state index in [2.05, 4.69) is 6.92 Å². The first-order chi connectivity index (χ1) is 13.6. The minimum Gasteiger partial charge on any atom is -0.483 e. The van der Waals surface area contributed by atoms with Crippen LogP contribution in [0.25, 0.3) is 10.8 Å². The van der Waals surface area contributed by atoms with E-state index in [1.165, 1.54) is 50.2 Å². The van der Waals surface area contributed by atoms with Crippen molar-refractivity contribution in [3.8, 4) is 5.75 Å². The third kappa shape index (κ3) is 3.81. The molecule has 1 nitrogen and oxygen atoms in total. The molecule has 0 aromatic heterocycles. The van der Waals surface area contributed by atoms with Gasteiger partial charge < -0.3 is 4.74 Å². The molecule has 0 aliphatic heterocycles. The van der Waals surface area contributed by atoms with Crippen LogP contribution >= 0.6 is 0 Å². The standard InChI is InChI=1S/C25H30F2O/c1-3-4-11-28-25-23(26)15-21-14-20(9-10-22(21)24(25)27)19-8-7-17-12-16(2)5-6-18(17)13-19/h3-4,9-10,14-19H,5-8,11-13H2,1-2H3. The van der Waals surface area contributed by atoms with Gasteiger partial charge in [0.15, 0.2) is 17.4 Å². The molecule has 3 heteroatoms. The molecule has 2 aliphatic rings. The van der Waals surface area contributed by atoms with E-state index in [0.29, 0.717) is 16.7 Å². The van der Waals surface area contributed by atoms with Crippen molar-refractivity contribution in [3.05, 3.63) is 53.6 Å². The van der Waals surface area contributed by atoms with Gasteiger partial charge in [0, 0.05) is 5.39 Å². The van der Waals surface area contributed by atoms with Crippen molar-refractivity contribution >= 4 is 10.8 Å². The zero-order valence-corrected chi connectivity index (χ0v) is 16.9. The summed E-state index contributed by atoms with van der Waals surface area (Å²) in [6.07, 6.45) is 11.3. The van der Waals surface area contributed by atoms with Crippen molar-refractivity contribution in [2.24, 2.45) is 17.8 Å². The summed E-state index contributed by atoms with van der Waals surface area (Å²) in [4.78, 5) is 0. The van der Waals surface area contributed by atoms with Crippen LogP contribution in [0.2, 0.25) is 0 Å². The lowest BCUT2D eigenvalue weighted by Gasteiger charge is -2.41. The molecular formula is C25H30F2O. The van der Waals surface area contributed by atoms with Gasteiger partial charge in [-0.15, -0.1) is 0 Å². The normalized spacial score (nSPS) is 27.9. The summed E-state index contributed by atoms with van der Waals surface area (Å²) in [6, 6.07) is 7.25. The van der Waals surface area contributed by atoms with Crippen LogP contribution in [0.15, 0.2) is 36.4 Å². The molecule has 2 aliphatic carbocycles. The summed E-state index contributed by atoms with van der Waals surface area (Å²) in [5, 5.41) is 1.06. The minimum absolute atomic E-state index is 0.164. The van der Waals surface area contributed by atoms with Crippen LogP contribution in [0, 0.1) is 29.4 Å². The molecule has 28 heavy (non-hydrogen) atoms. The van der Waals surface area contributed by atoms with Crippen molar-refractivity contribution in [2.45, 2.75) is 58.3 Å². The number of hydrogen-bond acceptors (Lipinski definition) is 1. The molecule has 2 aromatic rings. The summed E-state index contributed by atoms with van der Waals surface area (Å²) >= 11 is 0. The minimum atomic E-state index is -0.628. The lowest BCUT2D eigenvalue weighted by atomic mass is 9.64. The molecule has 0 bridgehead atoms. The topological polar surface area (TPSA) is 9.23 Å². The zero-order chi connectivity index (χ0) is 19.7. The number of fused-ring (bicyclic) bond motifs is 2. The summed E-state index contributed by atoms with van der Waals surface area (Å²) in [5.74, 6) is 1.57. The maximum Gasteiger partial charge on any atom is 0.191 e. The van der Waals surface area contributed by atoms with Crippen LogP contribution in [0.3, 0.4) is 0 Å². The number of halogens is 2. The molecule has 0 heterocycles. The molecular weight excluding hydrogens is 354 g/mol. The van der Waals surface area contributed by atoms with Gasteiger partial charge in [-0.1, -0.05) is 43.7 Å². The smallest absolute Gasteiger partial charge is 0.191 e. The Bertz CT molecular complexity index is 872. The maximum atomic E-state index is 14.8. The first-order valence-electron chi connectivity index (χ1n) is 10.7. The number of benzene rings is 2. The fourth-order valence-corrected chi connectivity index (χ4v) is 5.37. The van der Waals surface area contributed by atoms with Crippen LogP contribution in [-0.4, -0.2) is 6.61 Å². The quantitative estimate of drug-likeness (QED) is 0.499. The summed E-state index contributed by atoms with van der Waals surface area (Å²) in [5.41, 5.74) is 1.23. The van der Waals surface area contributed by atoms with Gasteiger partial charge in [-0.2, -0.15) is 0 Å². The Balaban J connectivity index is 1.57. The average Bonchev–Trinajstić information content (AvgIpc) is 2.69. The van der Waals surface area contributed by atoms with Crippen LogP contribution < -0.4 is 4.74 Å². The Morgan fingerprint density at radius 3 is 2.64 bits per heavy atom. The van der Waals surface area contributed by atoms with Gasteiger partial charge in [0.1, 0.15) is 6.61 Å². The molecule has 0 N–H and O–H groups in total. The monoisotopic (exact) mass is 384 g/mol. The van der Waals surface area contributed by atoms with Crippen LogP contribution in [0.4, 0.5) is 8.78 Å². The molecule has 4 rings (SSSR count). The largest absolute Gasteiger partial charge is 0.483 e. The molecule has 4 atom stereocenters. The molecule has 2 aromatic carbocycles. The van der Waals surface area contributed by atoms with E-state index in [9.17, 15) is 8.78 Å². The fraction of sp³-hybridized carbons (Fsp3) is 0.520. The fourth-order valence-electron chi connectivity index (χ4n) is 5.37. The van der Waals surface area contributed by atoms with Gasteiger partial charge in [-0.05, 0) is 79.7 Å². The van der Waals surface area contributed by atoms with Crippen molar-refractivity contribution < 1.29 is 13.5 Å². The van der Waals surface area contributed by atoms with Crippen LogP contribution in [0.1, 0.15) is 63.9 Å². The zero-order valence-electron chi connectivity index (χ0n) is 16.9. The van der Waals surface area contributed by atoms with Crippen molar-refractivity contribution in [1.82, 2.24) is 0 Å². The van der Waals surface area contributed by atoms with E-state index in [-0.39, 0.29) is 12.4 Å². The van der Waals surface area contributed by atoms with Gasteiger partial charge in [0.25, 0.3) is 0 Å². The Labute approximate surface area is 166 Å². The maximum absolute atomic E-state index is 14.8. The van der Waals surface area contributed by atoms with Gasteiger partial charge >= 0.3 is 0 Å². The second-order valence-corrected chi connectivity index (χ2v) is 8.81. The molecule has 2 fully saturated rings. The number of allylic oxidation sites excluding steroid dienone is 1. The molecule has 0 saturated heterocycles. The Morgan fingerprint density at radius 1 is 1.04 bits per heavy atom. The lowest BCUT2D eigenvalue weighted by Crippen LogP contribution is -2.29. The lowest BCUT2D eigenvalue weighted by molar-refractivity contribution is 0.124. The predicted octanol–water partition coefficient (Wildman–Crippen LogP) is 7.39. The molecule has 0 amide bonds. The summed E-state index contributed by atoms with van der Waals surface area (Å²) in [7, 11) is 0. The van der Waals surface area contributed by atoms with Gasteiger partial charge in [-0.25, -0.2) is 8.78 Å². The highest BCUT2D eigenvalue weighted by atomic mass is 19.1. The first kappa shape index (κ1) is 19.4. The molecule has 0 spiro atoms. The number of ether oxygens (including phenoxy) is 1. The van der Waals surface area contributed by atoms with Gasteiger partial charge in [0.2, 0.25) is 0 Å². The van der Waals surface area contributed by atoms with Crippen molar-refractivity contribution in [1.29, 1.82) is 0 Å².